The minimum atomic E-state index is -3.83. The molecule has 0 radical (unpaired) electrons. The molecule has 342 valence electrons. The van der Waals surface area contributed by atoms with Gasteiger partial charge < -0.3 is 15.0 Å². The lowest BCUT2D eigenvalue weighted by Gasteiger charge is -2.36. The van der Waals surface area contributed by atoms with Gasteiger partial charge in [-0.05, 0) is 138 Å². The van der Waals surface area contributed by atoms with E-state index < -0.39 is 45.6 Å². The van der Waals surface area contributed by atoms with Gasteiger partial charge in [-0.25, -0.2) is 31.7 Å². The molecule has 3 aromatic heterocycles. The Balaban J connectivity index is 0.771. The summed E-state index contributed by atoms with van der Waals surface area (Å²) in [5.74, 6) is 0.324. The van der Waals surface area contributed by atoms with E-state index in [2.05, 4.69) is 42.4 Å². The van der Waals surface area contributed by atoms with E-state index in [0.29, 0.717) is 40.4 Å². The van der Waals surface area contributed by atoms with Crippen molar-refractivity contribution in [3.8, 4) is 0 Å². The first-order valence-corrected chi connectivity index (χ1v) is 23.5. The third-order valence-corrected chi connectivity index (χ3v) is 14.5. The van der Waals surface area contributed by atoms with Crippen LogP contribution >= 0.6 is 0 Å². The number of piperidine rings is 2. The zero-order valence-electron chi connectivity index (χ0n) is 36.5. The summed E-state index contributed by atoms with van der Waals surface area (Å²) in [4.78, 5) is 61.6. The lowest BCUT2D eigenvalue weighted by atomic mass is 9.85. The van der Waals surface area contributed by atoms with Gasteiger partial charge >= 0.3 is 5.69 Å². The van der Waals surface area contributed by atoms with E-state index in [0.717, 1.165) is 69.7 Å². The number of amides is 2. The van der Waals surface area contributed by atoms with Crippen LogP contribution in [0.15, 0.2) is 63.1 Å². The van der Waals surface area contributed by atoms with Crippen LogP contribution in [0.4, 0.5) is 20.4 Å². The first kappa shape index (κ1) is 45.2. The number of likely N-dealkylation sites (tertiary alicyclic amines) is 1. The highest BCUT2D eigenvalue weighted by Crippen LogP contribution is 2.34. The van der Waals surface area contributed by atoms with Gasteiger partial charge in [0.1, 0.15) is 11.7 Å². The molecule has 3 N–H and O–H groups in total. The average Bonchev–Trinajstić information content (AvgIpc) is 3.51. The molecule has 2 aliphatic heterocycles. The minimum absolute atomic E-state index is 0.0776. The molecule has 0 bridgehead atoms. The minimum Gasteiger partial charge on any atom is -0.377 e. The molecule has 1 saturated carbocycles. The molecule has 5 aromatic rings. The number of ether oxygens (including phenoxy) is 1. The smallest absolute Gasteiger partial charge is 0.329 e. The number of alkyl halides is 2. The van der Waals surface area contributed by atoms with Crippen molar-refractivity contribution in [2.75, 3.05) is 38.1 Å². The average molecular weight is 904 g/mol. The SMILES string of the molecule is Cc1cc(S(=O)(=O)NCCOC2CCC(CN3CCC(c4ccc5c(c4)n(C)c(=O)n5C4CCC(=O)NC4=O)CC3)CC2)ccc1Nc1ncc2cc(C(F)F)c(=O)n(C(C)C)c2n1. The third-order valence-electron chi connectivity index (χ3n) is 13.1. The molecule has 2 aromatic carbocycles. The van der Waals surface area contributed by atoms with E-state index in [9.17, 15) is 36.4 Å². The molecule has 3 aliphatic rings. The van der Waals surface area contributed by atoms with Gasteiger partial charge in [-0.1, -0.05) is 6.07 Å². The predicted octanol–water partition coefficient (Wildman–Crippen LogP) is 5.73. The number of hydrogen-bond acceptors (Lipinski definition) is 11. The molecule has 64 heavy (non-hydrogen) atoms. The first-order chi connectivity index (χ1) is 30.6. The molecule has 16 nitrogen and oxygen atoms in total. The number of aryl methyl sites for hydroxylation is 2. The maximum Gasteiger partial charge on any atom is 0.329 e. The van der Waals surface area contributed by atoms with Crippen LogP contribution in [0.3, 0.4) is 0 Å². The second-order valence-corrected chi connectivity index (χ2v) is 19.4. The molecule has 0 spiro atoms. The molecule has 1 atom stereocenters. The molecule has 3 fully saturated rings. The summed E-state index contributed by atoms with van der Waals surface area (Å²) < 4.78 is 66.6. The number of benzene rings is 2. The van der Waals surface area contributed by atoms with Crippen LogP contribution in [0, 0.1) is 12.8 Å². The molecule has 8 rings (SSSR count). The lowest BCUT2D eigenvalue weighted by molar-refractivity contribution is -0.135. The topological polar surface area (TPSA) is 192 Å². The Labute approximate surface area is 369 Å². The van der Waals surface area contributed by atoms with Crippen molar-refractivity contribution in [2.24, 2.45) is 13.0 Å². The summed E-state index contributed by atoms with van der Waals surface area (Å²) in [6.07, 6.45) is 5.00. The fraction of sp³-hybridized carbons (Fsp3) is 0.511. The number of aromatic nitrogens is 5. The highest BCUT2D eigenvalue weighted by atomic mass is 32.2. The van der Waals surface area contributed by atoms with Crippen molar-refractivity contribution in [3.63, 3.8) is 0 Å². The summed E-state index contributed by atoms with van der Waals surface area (Å²) in [5, 5.41) is 5.72. The number of imide groups is 1. The van der Waals surface area contributed by atoms with Crippen LogP contribution in [0.2, 0.25) is 0 Å². The number of pyridine rings is 1. The zero-order chi connectivity index (χ0) is 45.4. The summed E-state index contributed by atoms with van der Waals surface area (Å²) in [6.45, 7) is 8.55. The summed E-state index contributed by atoms with van der Waals surface area (Å²) in [7, 11) is -2.11. The Hall–Kier alpha value is -5.37. The molecular weight excluding hydrogens is 849 g/mol. The van der Waals surface area contributed by atoms with Crippen molar-refractivity contribution in [3.05, 3.63) is 86.2 Å². The first-order valence-electron chi connectivity index (χ1n) is 22.0. The number of anilines is 2. The van der Waals surface area contributed by atoms with E-state index in [4.69, 9.17) is 4.74 Å². The van der Waals surface area contributed by atoms with Gasteiger partial charge in [0.25, 0.3) is 12.0 Å². The van der Waals surface area contributed by atoms with E-state index in [-0.39, 0.29) is 53.8 Å². The third kappa shape index (κ3) is 9.39. The molecule has 2 saturated heterocycles. The summed E-state index contributed by atoms with van der Waals surface area (Å²) >= 11 is 0. The number of fused-ring (bicyclic) bond motifs is 2. The number of hydrogen-bond donors (Lipinski definition) is 3. The van der Waals surface area contributed by atoms with Crippen LogP contribution < -0.4 is 26.6 Å². The highest BCUT2D eigenvalue weighted by molar-refractivity contribution is 7.89. The second kappa shape index (κ2) is 18.6. The summed E-state index contributed by atoms with van der Waals surface area (Å²) in [6, 6.07) is 10.7. The maximum absolute atomic E-state index is 13.5. The zero-order valence-corrected chi connectivity index (χ0v) is 37.3. The van der Waals surface area contributed by atoms with Gasteiger partial charge in [0.2, 0.25) is 27.8 Å². The van der Waals surface area contributed by atoms with Gasteiger partial charge in [-0.15, -0.1) is 0 Å². The van der Waals surface area contributed by atoms with Crippen LogP contribution in [0.1, 0.15) is 106 Å². The number of carbonyl (C=O) groups is 2. The fourth-order valence-corrected chi connectivity index (χ4v) is 10.6. The largest absolute Gasteiger partial charge is 0.377 e. The highest BCUT2D eigenvalue weighted by Gasteiger charge is 2.32. The molecular formula is C45H55F2N9O7S. The maximum atomic E-state index is 13.5. The van der Waals surface area contributed by atoms with Crippen molar-refractivity contribution in [1.29, 1.82) is 0 Å². The number of rotatable bonds is 14. The number of imidazole rings is 1. The Morgan fingerprint density at radius 1 is 0.938 bits per heavy atom. The van der Waals surface area contributed by atoms with Gasteiger partial charge in [0.15, 0.2) is 0 Å². The van der Waals surface area contributed by atoms with E-state index >= 15 is 0 Å². The number of nitrogens with one attached hydrogen (secondary N) is 3. The van der Waals surface area contributed by atoms with Gasteiger partial charge in [0.05, 0.1) is 34.2 Å². The Morgan fingerprint density at radius 3 is 2.38 bits per heavy atom. The van der Waals surface area contributed by atoms with Crippen LogP contribution in [-0.2, 0) is 31.4 Å². The summed E-state index contributed by atoms with van der Waals surface area (Å²) in [5.41, 5.74) is 2.34. The lowest BCUT2D eigenvalue weighted by Crippen LogP contribution is -2.44. The normalized spacial score (nSPS) is 20.5. The second-order valence-electron chi connectivity index (χ2n) is 17.7. The standard InChI is InChI=1S/C45H55F2N9O7S/c1-26(2)55-41-31(22-34(40(46)47)43(55)59)24-48-44(52-41)50-35-11-10-33(21-27(35)3)64(61,62)49-17-20-63-32-8-5-28(6-9-32)25-54-18-15-29(16-19-54)30-7-12-36-38(23-30)53(4)45(60)56(36)37-13-14-39(57)51-42(37)58/h7,10-12,21-24,26,28-29,32,37,40,49H,5-6,8-9,13-20,25H2,1-4H3,(H,48,50,52)(H,51,57,58). The monoisotopic (exact) mass is 903 g/mol. The molecule has 1 aliphatic carbocycles. The quantitative estimate of drug-likeness (QED) is 0.0912. The van der Waals surface area contributed by atoms with Crippen LogP contribution in [0.5, 0.6) is 0 Å². The Bertz CT molecular complexity index is 2810. The van der Waals surface area contributed by atoms with E-state index in [1.54, 1.807) is 38.5 Å². The number of nitrogens with zero attached hydrogens (tertiary/aromatic N) is 6. The van der Waals surface area contributed by atoms with Gasteiger partial charge in [0, 0.05) is 49.9 Å². The Morgan fingerprint density at radius 2 is 1.69 bits per heavy atom. The van der Waals surface area contributed by atoms with Crippen LogP contribution in [-0.4, -0.2) is 87.7 Å². The van der Waals surface area contributed by atoms with Gasteiger partial charge in [-0.2, -0.15) is 4.98 Å². The van der Waals surface area contributed by atoms with Crippen molar-refractivity contribution in [1.82, 2.24) is 38.6 Å². The van der Waals surface area contributed by atoms with E-state index in [1.165, 1.54) is 33.0 Å². The van der Waals surface area contributed by atoms with E-state index in [1.807, 2.05) is 6.07 Å². The Kier molecular flexibility index (Phi) is 13.2. The molecule has 1 unspecified atom stereocenters. The number of halogens is 2. The molecule has 5 heterocycles. The molecule has 2 amide bonds. The fourth-order valence-electron chi connectivity index (χ4n) is 9.55. The van der Waals surface area contributed by atoms with Crippen LogP contribution in [0.25, 0.3) is 22.1 Å². The molecule has 19 heteroatoms. The van der Waals surface area contributed by atoms with Crippen molar-refractivity contribution < 1.29 is 31.5 Å². The van der Waals surface area contributed by atoms with Crippen molar-refractivity contribution >= 4 is 55.5 Å². The van der Waals surface area contributed by atoms with Crippen molar-refractivity contribution in [2.45, 2.75) is 108 Å². The number of sulfonamides is 1. The number of carbonyl (C=O) groups excluding carboxylic acids is 2. The predicted molar refractivity (Wildman–Crippen MR) is 238 cm³/mol. The van der Waals surface area contributed by atoms with Gasteiger partial charge in [-0.3, -0.25) is 33.4 Å².